The van der Waals surface area contributed by atoms with Crippen molar-refractivity contribution in [3.8, 4) is 5.75 Å². The Kier molecular flexibility index (Phi) is 10.4. The number of likely N-dealkylation sites (tertiary alicyclic amines) is 2. The number of carbonyl (C=O) groups is 4. The molecule has 0 bridgehead atoms. The molecule has 2 aromatic rings. The number of nitrogens with zero attached hydrogens (tertiary/aromatic N) is 2. The van der Waals surface area contributed by atoms with E-state index in [2.05, 4.69) is 5.32 Å². The van der Waals surface area contributed by atoms with Gasteiger partial charge in [-0.2, -0.15) is 0 Å². The summed E-state index contributed by atoms with van der Waals surface area (Å²) in [5.74, 6) is -1.38. The van der Waals surface area contributed by atoms with E-state index < -0.39 is 30.1 Å². The molecule has 0 aromatic heterocycles. The second-order valence-electron chi connectivity index (χ2n) is 12.6. The lowest BCUT2D eigenvalue weighted by Crippen LogP contribution is -2.56. The van der Waals surface area contributed by atoms with E-state index in [4.69, 9.17) is 10.5 Å². The van der Waals surface area contributed by atoms with Crippen LogP contribution in [0.5, 0.6) is 5.75 Å². The predicted molar refractivity (Wildman–Crippen MR) is 162 cm³/mol. The van der Waals surface area contributed by atoms with Crippen LogP contribution in [0.3, 0.4) is 0 Å². The van der Waals surface area contributed by atoms with Crippen molar-refractivity contribution < 1.29 is 29.0 Å². The van der Waals surface area contributed by atoms with E-state index in [9.17, 15) is 24.3 Å². The highest BCUT2D eigenvalue weighted by atomic mass is 16.5. The van der Waals surface area contributed by atoms with Crippen LogP contribution < -0.4 is 15.8 Å². The summed E-state index contributed by atoms with van der Waals surface area (Å²) in [5, 5.41) is 12.5. The van der Waals surface area contributed by atoms with Crippen molar-refractivity contribution in [2.75, 3.05) is 13.1 Å². The Morgan fingerprint density at radius 2 is 1.51 bits per heavy atom. The Morgan fingerprint density at radius 1 is 0.907 bits per heavy atom. The van der Waals surface area contributed by atoms with Crippen molar-refractivity contribution in [3.63, 3.8) is 0 Å². The minimum Gasteiger partial charge on any atom is -0.488 e. The number of carbonyl (C=O) groups excluding carboxylic acids is 3. The molecule has 1 unspecified atom stereocenters. The number of amides is 3. The molecule has 2 aliphatic heterocycles. The third kappa shape index (κ3) is 8.79. The zero-order valence-electron chi connectivity index (χ0n) is 25.3. The largest absolute Gasteiger partial charge is 0.488 e. The minimum atomic E-state index is -1.03. The van der Waals surface area contributed by atoms with E-state index in [0.717, 1.165) is 11.1 Å². The van der Waals surface area contributed by atoms with Crippen molar-refractivity contribution in [2.24, 2.45) is 5.73 Å². The zero-order valence-corrected chi connectivity index (χ0v) is 25.3. The molecule has 2 fully saturated rings. The van der Waals surface area contributed by atoms with Gasteiger partial charge in [0.2, 0.25) is 17.7 Å². The number of rotatable bonds is 11. The average Bonchev–Trinajstić information content (AvgIpc) is 3.63. The molecular formula is C33H44N4O6. The molecule has 4 atom stereocenters. The van der Waals surface area contributed by atoms with E-state index in [1.807, 2.05) is 75.4 Å². The lowest BCUT2D eigenvalue weighted by Gasteiger charge is -2.32. The Hall–Kier alpha value is -3.92. The fourth-order valence-electron chi connectivity index (χ4n) is 5.93. The van der Waals surface area contributed by atoms with Crippen molar-refractivity contribution in [1.82, 2.24) is 15.1 Å². The van der Waals surface area contributed by atoms with Gasteiger partial charge in [0.25, 0.3) is 0 Å². The van der Waals surface area contributed by atoms with Gasteiger partial charge < -0.3 is 30.7 Å². The third-order valence-electron chi connectivity index (χ3n) is 7.85. The van der Waals surface area contributed by atoms with E-state index in [1.165, 1.54) is 9.80 Å². The van der Waals surface area contributed by atoms with Crippen molar-refractivity contribution in [3.05, 3.63) is 65.7 Å². The summed E-state index contributed by atoms with van der Waals surface area (Å²) < 4.78 is 5.92. The Balaban J connectivity index is 1.50. The first kappa shape index (κ1) is 32.0. The first-order valence-corrected chi connectivity index (χ1v) is 15.1. The van der Waals surface area contributed by atoms with Crippen LogP contribution in [0, 0.1) is 0 Å². The summed E-state index contributed by atoms with van der Waals surface area (Å²) in [6.45, 7) is 6.60. The number of benzene rings is 2. The van der Waals surface area contributed by atoms with E-state index >= 15 is 0 Å². The Bertz CT molecular complexity index is 1280. The fourth-order valence-corrected chi connectivity index (χ4v) is 5.93. The summed E-state index contributed by atoms with van der Waals surface area (Å²) in [6.07, 6.45) is 2.86. The van der Waals surface area contributed by atoms with Crippen LogP contribution in [0.2, 0.25) is 0 Å². The fraction of sp³-hybridized carbons (Fsp3) is 0.515. The van der Waals surface area contributed by atoms with Crippen LogP contribution in [-0.4, -0.2) is 81.5 Å². The molecule has 0 saturated carbocycles. The van der Waals surface area contributed by atoms with Crippen LogP contribution in [0.1, 0.15) is 64.0 Å². The maximum absolute atomic E-state index is 14.0. The SMILES string of the molecule is CC(C)(C)Oc1ccc(C[C@H](NC(=O)CC(N)Cc2ccccc2)C(=O)N2CCC[C@H]2C(=O)N2CCC[C@H]2C(=O)O)cc1. The minimum absolute atomic E-state index is 0.0352. The van der Waals surface area contributed by atoms with Gasteiger partial charge in [0.15, 0.2) is 0 Å². The Labute approximate surface area is 253 Å². The first-order valence-electron chi connectivity index (χ1n) is 15.1. The third-order valence-corrected chi connectivity index (χ3v) is 7.85. The molecular weight excluding hydrogens is 548 g/mol. The molecule has 232 valence electrons. The summed E-state index contributed by atoms with van der Waals surface area (Å²) >= 11 is 0. The molecule has 0 aliphatic carbocycles. The summed E-state index contributed by atoms with van der Waals surface area (Å²) in [7, 11) is 0. The maximum Gasteiger partial charge on any atom is 0.326 e. The van der Waals surface area contributed by atoms with E-state index in [0.29, 0.717) is 50.9 Å². The number of ether oxygens (including phenoxy) is 1. The van der Waals surface area contributed by atoms with Gasteiger partial charge in [0, 0.05) is 32.0 Å². The normalized spacial score (nSPS) is 20.0. The van der Waals surface area contributed by atoms with Gasteiger partial charge in [-0.15, -0.1) is 0 Å². The second-order valence-corrected chi connectivity index (χ2v) is 12.6. The zero-order chi connectivity index (χ0) is 31.1. The number of carboxylic acids is 1. The molecule has 0 radical (unpaired) electrons. The number of nitrogens with two attached hydrogens (primary N) is 1. The molecule has 2 heterocycles. The van der Waals surface area contributed by atoms with Gasteiger partial charge in [-0.1, -0.05) is 42.5 Å². The highest BCUT2D eigenvalue weighted by Crippen LogP contribution is 2.26. The number of carboxylic acid groups (broad SMARTS) is 1. The monoisotopic (exact) mass is 592 g/mol. The lowest BCUT2D eigenvalue weighted by molar-refractivity contribution is -0.152. The number of hydrogen-bond donors (Lipinski definition) is 3. The molecule has 43 heavy (non-hydrogen) atoms. The molecule has 2 aromatic carbocycles. The van der Waals surface area contributed by atoms with E-state index in [1.54, 1.807) is 0 Å². The highest BCUT2D eigenvalue weighted by Gasteiger charge is 2.43. The summed E-state index contributed by atoms with van der Waals surface area (Å²) in [4.78, 5) is 55.4. The van der Waals surface area contributed by atoms with Crippen molar-refractivity contribution in [1.29, 1.82) is 0 Å². The van der Waals surface area contributed by atoms with Gasteiger partial charge in [0.1, 0.15) is 29.5 Å². The van der Waals surface area contributed by atoms with Gasteiger partial charge >= 0.3 is 5.97 Å². The standard InChI is InChI=1S/C33H44N4O6/c1-33(2,3)43-25-15-13-23(14-16-25)20-26(35-29(38)21-24(34)19-22-9-5-4-6-10-22)30(39)36-17-7-11-27(36)31(40)37-18-8-12-28(37)32(41)42/h4-6,9-10,13-16,24,26-28H,7-8,11-12,17-21,34H2,1-3H3,(H,35,38)(H,41,42)/t24?,26-,27-,28-/m0/s1. The molecule has 10 heteroatoms. The molecule has 4 rings (SSSR count). The topological polar surface area (TPSA) is 142 Å². The maximum atomic E-state index is 14.0. The van der Waals surface area contributed by atoms with Crippen molar-refractivity contribution in [2.45, 2.75) is 95.5 Å². The van der Waals surface area contributed by atoms with Crippen LogP contribution in [-0.2, 0) is 32.0 Å². The summed E-state index contributed by atoms with van der Waals surface area (Å²) in [5.41, 5.74) is 7.78. The molecule has 3 amide bonds. The highest BCUT2D eigenvalue weighted by molar-refractivity contribution is 5.94. The average molecular weight is 593 g/mol. The molecule has 2 saturated heterocycles. The number of nitrogens with one attached hydrogen (secondary N) is 1. The van der Waals surface area contributed by atoms with Crippen molar-refractivity contribution >= 4 is 23.7 Å². The van der Waals surface area contributed by atoms with Crippen LogP contribution in [0.4, 0.5) is 0 Å². The van der Waals surface area contributed by atoms with Gasteiger partial charge in [-0.3, -0.25) is 14.4 Å². The molecule has 0 spiro atoms. The molecule has 4 N–H and O–H groups in total. The van der Waals surface area contributed by atoms with Gasteiger partial charge in [-0.05, 0) is 76.1 Å². The van der Waals surface area contributed by atoms with Crippen LogP contribution in [0.25, 0.3) is 0 Å². The second kappa shape index (κ2) is 14.0. The van der Waals surface area contributed by atoms with Crippen LogP contribution in [0.15, 0.2) is 54.6 Å². The lowest BCUT2D eigenvalue weighted by atomic mass is 10.0. The molecule has 10 nitrogen and oxygen atoms in total. The van der Waals surface area contributed by atoms with E-state index in [-0.39, 0.29) is 36.2 Å². The first-order chi connectivity index (χ1) is 20.4. The van der Waals surface area contributed by atoms with Crippen LogP contribution >= 0.6 is 0 Å². The smallest absolute Gasteiger partial charge is 0.326 e. The van der Waals surface area contributed by atoms with Gasteiger partial charge in [0.05, 0.1) is 0 Å². The molecule has 2 aliphatic rings. The Morgan fingerprint density at radius 3 is 2.14 bits per heavy atom. The number of hydrogen-bond acceptors (Lipinski definition) is 6. The number of aliphatic carboxylic acids is 1. The quantitative estimate of drug-likeness (QED) is 0.364. The summed E-state index contributed by atoms with van der Waals surface area (Å²) in [6, 6.07) is 14.1. The van der Waals surface area contributed by atoms with Gasteiger partial charge in [-0.25, -0.2) is 4.79 Å². The predicted octanol–water partition coefficient (Wildman–Crippen LogP) is 2.92.